The Balaban J connectivity index is 1.83. The van der Waals surface area contributed by atoms with Gasteiger partial charge in [-0.15, -0.1) is 0 Å². The molecule has 0 bridgehead atoms. The van der Waals surface area contributed by atoms with E-state index >= 15 is 0 Å². The van der Waals surface area contributed by atoms with Crippen molar-refractivity contribution in [3.8, 4) is 11.3 Å². The first-order valence-electron chi connectivity index (χ1n) is 13.4. The predicted molar refractivity (Wildman–Crippen MR) is 165 cm³/mol. The minimum Gasteiger partial charge on any atom is -0.480 e. The number of amides is 2. The Bertz CT molecular complexity index is 1820. The van der Waals surface area contributed by atoms with Crippen LogP contribution in [-0.4, -0.2) is 68.7 Å². The van der Waals surface area contributed by atoms with E-state index in [1.165, 1.54) is 30.5 Å². The zero-order valence-corrected chi connectivity index (χ0v) is 26.8. The Morgan fingerprint density at radius 2 is 1.69 bits per heavy atom. The Morgan fingerprint density at radius 3 is 2.27 bits per heavy atom. The van der Waals surface area contributed by atoms with Gasteiger partial charge in [0.25, 0.3) is 5.91 Å². The smallest absolute Gasteiger partial charge is 0.417 e. The number of imide groups is 1. The summed E-state index contributed by atoms with van der Waals surface area (Å²) in [5.41, 5.74) is 6.52. The molecule has 3 heterocycles. The highest BCUT2D eigenvalue weighted by Crippen LogP contribution is 2.37. The van der Waals surface area contributed by atoms with E-state index in [2.05, 4.69) is 36.1 Å². The summed E-state index contributed by atoms with van der Waals surface area (Å²) in [6.45, 7) is 3.61. The highest BCUT2D eigenvalue weighted by molar-refractivity contribution is 9.10. The molecule has 0 saturated heterocycles. The number of sulfone groups is 1. The molecule has 0 spiro atoms. The maximum atomic E-state index is 14.2. The molecule has 0 aliphatic rings. The lowest BCUT2D eigenvalue weighted by Gasteiger charge is -2.30. The molecule has 1 atom stereocenters. The third-order valence-electron chi connectivity index (χ3n) is 6.28. The number of nitrogens with two attached hydrogens (primary N) is 1. The Morgan fingerprint density at radius 1 is 0.978 bits per heavy atom. The van der Waals surface area contributed by atoms with Gasteiger partial charge < -0.3 is 15.6 Å². The fraction of sp³-hybridized carbons (Fsp3) is 0.233. The number of benzene rings is 1. The van der Waals surface area contributed by atoms with E-state index in [9.17, 15) is 27.9 Å². The maximum absolute atomic E-state index is 14.2. The van der Waals surface area contributed by atoms with Crippen molar-refractivity contribution in [1.82, 2.24) is 25.1 Å². The average Bonchev–Trinajstić information content (AvgIpc) is 3.00. The zero-order valence-electron chi connectivity index (χ0n) is 24.4. The van der Waals surface area contributed by atoms with Crippen molar-refractivity contribution in [2.75, 3.05) is 6.54 Å². The van der Waals surface area contributed by atoms with Crippen LogP contribution in [0.2, 0.25) is 0 Å². The van der Waals surface area contributed by atoms with Crippen molar-refractivity contribution in [3.05, 3.63) is 101 Å². The molecular formula is C30H29BrN6O7S. The Labute approximate surface area is 267 Å². The van der Waals surface area contributed by atoms with Crippen LogP contribution in [0.3, 0.4) is 0 Å². The van der Waals surface area contributed by atoms with E-state index in [4.69, 9.17) is 10.5 Å². The van der Waals surface area contributed by atoms with Gasteiger partial charge >= 0.3 is 12.1 Å². The van der Waals surface area contributed by atoms with Crippen molar-refractivity contribution in [3.63, 3.8) is 0 Å². The molecule has 2 amide bonds. The number of carboxylic acid groups (broad SMARTS) is 1. The van der Waals surface area contributed by atoms with Gasteiger partial charge in [-0.2, -0.15) is 10.2 Å². The van der Waals surface area contributed by atoms with Gasteiger partial charge in [0, 0.05) is 28.9 Å². The van der Waals surface area contributed by atoms with Crippen LogP contribution in [0.4, 0.5) is 4.79 Å². The molecule has 0 radical (unpaired) electrons. The first-order chi connectivity index (χ1) is 21.1. The molecule has 13 nitrogen and oxygen atoms in total. The lowest BCUT2D eigenvalue weighted by Crippen LogP contribution is -2.48. The van der Waals surface area contributed by atoms with Crippen LogP contribution in [0.25, 0.3) is 11.3 Å². The molecular weight excluding hydrogens is 668 g/mol. The number of rotatable bonds is 9. The number of carboxylic acids is 1. The van der Waals surface area contributed by atoms with Crippen molar-refractivity contribution < 1.29 is 32.6 Å². The largest absolute Gasteiger partial charge is 0.480 e. The first kappa shape index (κ1) is 33.3. The van der Waals surface area contributed by atoms with Gasteiger partial charge in [0.15, 0.2) is 4.87 Å². The van der Waals surface area contributed by atoms with Crippen LogP contribution in [0, 0.1) is 0 Å². The van der Waals surface area contributed by atoms with Crippen LogP contribution >= 0.6 is 15.9 Å². The molecule has 4 rings (SSSR count). The fourth-order valence-electron chi connectivity index (χ4n) is 4.18. The summed E-state index contributed by atoms with van der Waals surface area (Å²) in [7, 11) is -4.51. The average molecular weight is 698 g/mol. The van der Waals surface area contributed by atoms with Crippen molar-refractivity contribution in [2.24, 2.45) is 5.73 Å². The second kappa shape index (κ2) is 13.2. The summed E-state index contributed by atoms with van der Waals surface area (Å²) in [4.78, 5) is 43.8. The summed E-state index contributed by atoms with van der Waals surface area (Å²) < 4.78 is 33.7. The lowest BCUT2D eigenvalue weighted by atomic mass is 10.1. The van der Waals surface area contributed by atoms with Crippen molar-refractivity contribution >= 4 is 43.7 Å². The number of carbonyl (C=O) groups excluding carboxylic acids is 2. The monoisotopic (exact) mass is 696 g/mol. The molecule has 0 saturated carbocycles. The molecule has 1 aromatic carbocycles. The predicted octanol–water partition coefficient (Wildman–Crippen LogP) is 3.99. The number of carbonyl (C=O) groups is 3. The summed E-state index contributed by atoms with van der Waals surface area (Å²) >= 11 is 3.31. The van der Waals surface area contributed by atoms with Gasteiger partial charge in [0.1, 0.15) is 17.8 Å². The standard InChI is InChI=1S/C30H29BrN6O7S/c1-29(2,3)44-28(41)37(18-25(38)39)27(40)24-14-12-22(31)26(34-24)30(32,45(42,43)21-10-7-15-33-17-21)16-20-11-13-23(36-35-20)19-8-5-4-6-9-19/h4-15,17H,16,18,32H2,1-3H3,(H,38,39). The second-order valence-corrected chi connectivity index (χ2v) is 13.9. The number of aromatic nitrogens is 4. The van der Waals surface area contributed by atoms with E-state index in [1.54, 1.807) is 32.9 Å². The van der Waals surface area contributed by atoms with Crippen LogP contribution in [-0.2, 0) is 30.7 Å². The van der Waals surface area contributed by atoms with E-state index in [-0.39, 0.29) is 20.8 Å². The summed E-state index contributed by atoms with van der Waals surface area (Å²) in [5.74, 6) is -2.63. The molecule has 3 aromatic heterocycles. The third-order valence-corrected chi connectivity index (χ3v) is 9.07. The lowest BCUT2D eigenvalue weighted by molar-refractivity contribution is -0.137. The number of halogens is 1. The molecule has 0 fully saturated rings. The number of ether oxygens (including phenoxy) is 1. The normalized spacial score (nSPS) is 13.0. The highest BCUT2D eigenvalue weighted by atomic mass is 79.9. The van der Waals surface area contributed by atoms with Crippen LogP contribution in [0.1, 0.15) is 42.6 Å². The van der Waals surface area contributed by atoms with E-state index < -0.39 is 56.9 Å². The number of hydrogen-bond acceptors (Lipinski definition) is 11. The Hall–Kier alpha value is -4.60. The third kappa shape index (κ3) is 7.56. The molecule has 0 aliphatic carbocycles. The number of pyridine rings is 2. The molecule has 3 N–H and O–H groups in total. The Kier molecular flexibility index (Phi) is 9.75. The zero-order chi connectivity index (χ0) is 33.0. The maximum Gasteiger partial charge on any atom is 0.417 e. The van der Waals surface area contributed by atoms with Crippen molar-refractivity contribution in [2.45, 2.75) is 42.6 Å². The van der Waals surface area contributed by atoms with E-state index in [1.807, 2.05) is 30.3 Å². The van der Waals surface area contributed by atoms with Crippen molar-refractivity contribution in [1.29, 1.82) is 0 Å². The van der Waals surface area contributed by atoms with Gasteiger partial charge in [-0.3, -0.25) is 14.6 Å². The quantitative estimate of drug-likeness (QED) is 0.256. The fourth-order valence-corrected chi connectivity index (χ4v) is 6.51. The van der Waals surface area contributed by atoms with Gasteiger partial charge in [-0.25, -0.2) is 23.1 Å². The van der Waals surface area contributed by atoms with Gasteiger partial charge in [-0.1, -0.05) is 30.3 Å². The summed E-state index contributed by atoms with van der Waals surface area (Å²) in [5, 5.41) is 17.9. The van der Waals surface area contributed by atoms with Gasteiger partial charge in [0.2, 0.25) is 9.84 Å². The summed E-state index contributed by atoms with van der Waals surface area (Å²) in [6, 6.07) is 17.7. The van der Waals surface area contributed by atoms with Gasteiger partial charge in [-0.05, 0) is 73.1 Å². The topological polar surface area (TPSA) is 196 Å². The first-order valence-corrected chi connectivity index (χ1v) is 15.7. The van der Waals surface area contributed by atoms with E-state index in [0.717, 1.165) is 11.8 Å². The molecule has 15 heteroatoms. The SMILES string of the molecule is CC(C)(C)OC(=O)N(CC(=O)O)C(=O)c1ccc(Br)c(C(N)(Cc2ccc(-c3ccccc3)nn2)S(=O)(=O)c2cccnc2)n1. The minimum atomic E-state index is -4.51. The molecule has 4 aromatic rings. The molecule has 234 valence electrons. The number of hydrogen-bond donors (Lipinski definition) is 2. The number of aliphatic carboxylic acids is 1. The minimum absolute atomic E-state index is 0.116. The molecule has 1 unspecified atom stereocenters. The van der Waals surface area contributed by atoms with Crippen LogP contribution in [0.15, 0.2) is 88.5 Å². The van der Waals surface area contributed by atoms with E-state index in [0.29, 0.717) is 10.6 Å². The summed E-state index contributed by atoms with van der Waals surface area (Å²) in [6.07, 6.45) is 0.852. The molecule has 45 heavy (non-hydrogen) atoms. The van der Waals surface area contributed by atoms with Gasteiger partial charge in [0.05, 0.1) is 22.0 Å². The highest BCUT2D eigenvalue weighted by Gasteiger charge is 2.47. The molecule has 0 aliphatic heterocycles. The number of nitrogens with zero attached hydrogens (tertiary/aromatic N) is 5. The van der Waals surface area contributed by atoms with Crippen LogP contribution in [0.5, 0.6) is 0 Å². The second-order valence-electron chi connectivity index (χ2n) is 10.8. The van der Waals surface area contributed by atoms with Crippen LogP contribution < -0.4 is 5.73 Å².